The van der Waals surface area contributed by atoms with Crippen molar-refractivity contribution in [3.63, 3.8) is 0 Å². The maximum Gasteiger partial charge on any atom is 0.0916 e. The van der Waals surface area contributed by atoms with Gasteiger partial charge in [0.15, 0.2) is 0 Å². The number of aromatic nitrogens is 3. The van der Waals surface area contributed by atoms with Gasteiger partial charge in [0.05, 0.1) is 11.9 Å². The van der Waals surface area contributed by atoms with Gasteiger partial charge in [0.25, 0.3) is 0 Å². The maximum atomic E-state index is 3.82. The van der Waals surface area contributed by atoms with Crippen LogP contribution in [-0.2, 0) is 0 Å². The van der Waals surface area contributed by atoms with Crippen molar-refractivity contribution in [1.29, 1.82) is 0 Å². The van der Waals surface area contributed by atoms with Gasteiger partial charge in [-0.05, 0) is 30.7 Å². The second kappa shape index (κ2) is 3.06. The second-order valence-corrected chi connectivity index (χ2v) is 1.98. The first-order chi connectivity index (χ1) is 4.84. The molecule has 0 spiro atoms. The molecule has 0 bridgehead atoms. The molecule has 3 heteroatoms. The van der Waals surface area contributed by atoms with Crippen molar-refractivity contribution in [2.75, 3.05) is 0 Å². The van der Waals surface area contributed by atoms with Crippen LogP contribution in [0, 0.1) is 0 Å². The van der Waals surface area contributed by atoms with Gasteiger partial charge in [-0.3, -0.25) is 0 Å². The lowest BCUT2D eigenvalue weighted by Gasteiger charge is -1.93. The van der Waals surface area contributed by atoms with Gasteiger partial charge in [0.2, 0.25) is 0 Å². The molecule has 0 fully saturated rings. The van der Waals surface area contributed by atoms with Gasteiger partial charge in [0.1, 0.15) is 0 Å². The van der Waals surface area contributed by atoms with Gasteiger partial charge in [0, 0.05) is 0 Å². The minimum Gasteiger partial charge on any atom is -0.139 e. The van der Waals surface area contributed by atoms with Crippen LogP contribution in [-0.4, -0.2) is 15.4 Å². The Bertz CT molecular complexity index is 228. The van der Waals surface area contributed by atoms with Crippen molar-refractivity contribution in [2.45, 2.75) is 13.8 Å². The van der Waals surface area contributed by atoms with Crippen molar-refractivity contribution < 1.29 is 0 Å². The monoisotopic (exact) mass is 135 g/mol. The molecule has 1 heterocycles. The first-order valence-corrected chi connectivity index (χ1v) is 3.12. The average Bonchev–Trinajstić information content (AvgIpc) is 2.05. The Kier molecular flexibility index (Phi) is 2.10. The summed E-state index contributed by atoms with van der Waals surface area (Å²) in [4.78, 5) is 0. The Morgan fingerprint density at radius 2 is 2.40 bits per heavy atom. The summed E-state index contributed by atoms with van der Waals surface area (Å²) in [6, 6.07) is 1.84. The summed E-state index contributed by atoms with van der Waals surface area (Å²) in [5.41, 5.74) is 2.01. The molecule has 0 saturated heterocycles. The number of hydrogen-bond donors (Lipinski definition) is 0. The molecule has 0 amide bonds. The Labute approximate surface area is 59.8 Å². The lowest BCUT2D eigenvalue weighted by atomic mass is 10.2. The van der Waals surface area contributed by atoms with Gasteiger partial charge in [-0.25, -0.2) is 0 Å². The Hall–Kier alpha value is -1.25. The summed E-state index contributed by atoms with van der Waals surface area (Å²) in [5, 5.41) is 10.9. The summed E-state index contributed by atoms with van der Waals surface area (Å²) in [6.45, 7) is 3.96. The third-order valence-corrected chi connectivity index (χ3v) is 1.34. The summed E-state index contributed by atoms with van der Waals surface area (Å²) in [5.74, 6) is 0. The largest absolute Gasteiger partial charge is 0.139 e. The molecular formula is C7H9N3. The van der Waals surface area contributed by atoms with E-state index in [4.69, 9.17) is 0 Å². The summed E-state index contributed by atoms with van der Waals surface area (Å²) in [6.07, 6.45) is 3.62. The number of hydrogen-bond acceptors (Lipinski definition) is 3. The zero-order valence-electron chi connectivity index (χ0n) is 6.07. The molecule has 0 aliphatic heterocycles. The lowest BCUT2D eigenvalue weighted by molar-refractivity contribution is 0.853. The van der Waals surface area contributed by atoms with E-state index < -0.39 is 0 Å². The highest BCUT2D eigenvalue weighted by atomic mass is 15.3. The topological polar surface area (TPSA) is 38.7 Å². The van der Waals surface area contributed by atoms with E-state index >= 15 is 0 Å². The molecule has 52 valence electrons. The standard InChI is InChI=1S/C7H9N3/c1-3-6(2)7-4-5-8-10-9-7/h3-5H,1-2H3/b6-3+. The number of allylic oxidation sites excluding steroid dienone is 2. The summed E-state index contributed by atoms with van der Waals surface area (Å²) in [7, 11) is 0. The fourth-order valence-corrected chi connectivity index (χ4v) is 0.599. The first-order valence-electron chi connectivity index (χ1n) is 3.12. The molecule has 0 unspecified atom stereocenters. The fourth-order valence-electron chi connectivity index (χ4n) is 0.599. The van der Waals surface area contributed by atoms with Gasteiger partial charge in [-0.2, -0.15) is 0 Å². The predicted octanol–water partition coefficient (Wildman–Crippen LogP) is 1.29. The molecule has 1 rings (SSSR count). The van der Waals surface area contributed by atoms with Gasteiger partial charge < -0.3 is 0 Å². The minimum absolute atomic E-state index is 0.887. The molecule has 0 N–H and O–H groups in total. The Morgan fingerprint density at radius 3 is 2.90 bits per heavy atom. The fraction of sp³-hybridized carbons (Fsp3) is 0.286. The molecule has 0 saturated carbocycles. The van der Waals surface area contributed by atoms with Crippen molar-refractivity contribution in [2.24, 2.45) is 0 Å². The van der Waals surface area contributed by atoms with Gasteiger partial charge in [-0.1, -0.05) is 6.08 Å². The van der Waals surface area contributed by atoms with E-state index in [9.17, 15) is 0 Å². The normalized spacial score (nSPS) is 11.6. The number of nitrogens with zero attached hydrogens (tertiary/aromatic N) is 3. The Morgan fingerprint density at radius 1 is 1.60 bits per heavy atom. The maximum absolute atomic E-state index is 3.82. The van der Waals surface area contributed by atoms with Crippen LogP contribution < -0.4 is 0 Å². The van der Waals surface area contributed by atoms with Crippen LogP contribution >= 0.6 is 0 Å². The van der Waals surface area contributed by atoms with Crippen LogP contribution in [0.25, 0.3) is 5.57 Å². The molecule has 0 aromatic carbocycles. The van der Waals surface area contributed by atoms with Crippen LogP contribution in [0.1, 0.15) is 19.5 Å². The van der Waals surface area contributed by atoms with E-state index in [1.54, 1.807) is 6.20 Å². The summed E-state index contributed by atoms with van der Waals surface area (Å²) >= 11 is 0. The summed E-state index contributed by atoms with van der Waals surface area (Å²) < 4.78 is 0. The zero-order valence-corrected chi connectivity index (χ0v) is 6.07. The van der Waals surface area contributed by atoms with E-state index in [2.05, 4.69) is 15.4 Å². The molecule has 0 aliphatic rings. The molecule has 0 radical (unpaired) electrons. The van der Waals surface area contributed by atoms with E-state index in [-0.39, 0.29) is 0 Å². The molecule has 1 aromatic rings. The van der Waals surface area contributed by atoms with Gasteiger partial charge in [-0.15, -0.1) is 10.2 Å². The first kappa shape index (κ1) is 6.86. The molecule has 0 atom stereocenters. The highest BCUT2D eigenvalue weighted by Gasteiger charge is 1.92. The van der Waals surface area contributed by atoms with Crippen molar-refractivity contribution in [3.05, 3.63) is 24.0 Å². The lowest BCUT2D eigenvalue weighted by Crippen LogP contribution is -1.90. The van der Waals surface area contributed by atoms with Crippen LogP contribution in [0.3, 0.4) is 0 Å². The third kappa shape index (κ3) is 1.37. The Balaban J connectivity index is 2.96. The molecule has 3 nitrogen and oxygen atoms in total. The molecular weight excluding hydrogens is 126 g/mol. The second-order valence-electron chi connectivity index (χ2n) is 1.98. The van der Waals surface area contributed by atoms with Crippen LogP contribution in [0.5, 0.6) is 0 Å². The van der Waals surface area contributed by atoms with E-state index in [0.717, 1.165) is 11.3 Å². The van der Waals surface area contributed by atoms with E-state index in [1.807, 2.05) is 26.0 Å². The van der Waals surface area contributed by atoms with E-state index in [1.165, 1.54) is 0 Å². The molecule has 0 aliphatic carbocycles. The predicted molar refractivity (Wildman–Crippen MR) is 39.2 cm³/mol. The van der Waals surface area contributed by atoms with Crippen molar-refractivity contribution >= 4 is 5.57 Å². The highest BCUT2D eigenvalue weighted by molar-refractivity contribution is 5.58. The highest BCUT2D eigenvalue weighted by Crippen LogP contribution is 2.06. The zero-order chi connectivity index (χ0) is 7.40. The minimum atomic E-state index is 0.887. The van der Waals surface area contributed by atoms with E-state index in [0.29, 0.717) is 0 Å². The molecule has 1 aromatic heterocycles. The number of rotatable bonds is 1. The van der Waals surface area contributed by atoms with Crippen molar-refractivity contribution in [3.8, 4) is 0 Å². The van der Waals surface area contributed by atoms with Crippen LogP contribution in [0.2, 0.25) is 0 Å². The van der Waals surface area contributed by atoms with Gasteiger partial charge >= 0.3 is 0 Å². The average molecular weight is 135 g/mol. The SMILES string of the molecule is C/C=C(\C)c1ccnnn1. The third-order valence-electron chi connectivity index (χ3n) is 1.34. The van der Waals surface area contributed by atoms with Crippen LogP contribution in [0.4, 0.5) is 0 Å². The smallest absolute Gasteiger partial charge is 0.0916 e. The van der Waals surface area contributed by atoms with Crippen LogP contribution in [0.15, 0.2) is 18.3 Å². The molecule has 10 heavy (non-hydrogen) atoms. The van der Waals surface area contributed by atoms with Crippen molar-refractivity contribution in [1.82, 2.24) is 15.4 Å². The quantitative estimate of drug-likeness (QED) is 0.582.